The van der Waals surface area contributed by atoms with Crippen LogP contribution in [-0.2, 0) is 5.60 Å². The molecule has 2 aromatic rings. The number of benzene rings is 2. The third-order valence-electron chi connectivity index (χ3n) is 3.56. The van der Waals surface area contributed by atoms with Gasteiger partial charge in [0.1, 0.15) is 11.4 Å². The van der Waals surface area contributed by atoms with Gasteiger partial charge in [0.15, 0.2) is 0 Å². The Labute approximate surface area is 114 Å². The Morgan fingerprint density at radius 3 is 2.16 bits per heavy atom. The van der Waals surface area contributed by atoms with Crippen molar-refractivity contribution in [2.45, 2.75) is 26.4 Å². The van der Waals surface area contributed by atoms with Crippen molar-refractivity contribution >= 4 is 0 Å². The molecule has 0 fully saturated rings. The van der Waals surface area contributed by atoms with Gasteiger partial charge in [-0.2, -0.15) is 0 Å². The van der Waals surface area contributed by atoms with Crippen molar-refractivity contribution in [3.63, 3.8) is 0 Å². The van der Waals surface area contributed by atoms with Crippen LogP contribution in [0, 0.1) is 13.8 Å². The second-order valence-corrected chi connectivity index (χ2v) is 5.12. The van der Waals surface area contributed by atoms with Crippen LogP contribution in [0.2, 0.25) is 0 Å². The molecule has 2 rings (SSSR count). The minimum Gasteiger partial charge on any atom is -0.497 e. The summed E-state index contributed by atoms with van der Waals surface area (Å²) in [6, 6.07) is 13.7. The lowest BCUT2D eigenvalue weighted by molar-refractivity contribution is 0.101. The molecule has 0 saturated carbocycles. The Balaban J connectivity index is 2.45. The van der Waals surface area contributed by atoms with E-state index < -0.39 is 5.60 Å². The zero-order chi connectivity index (χ0) is 14.0. The molecule has 0 spiro atoms. The topological polar surface area (TPSA) is 29.5 Å². The van der Waals surface area contributed by atoms with Gasteiger partial charge >= 0.3 is 0 Å². The molecule has 0 amide bonds. The van der Waals surface area contributed by atoms with Gasteiger partial charge < -0.3 is 9.84 Å². The molecule has 0 aliphatic heterocycles. The Hall–Kier alpha value is -1.80. The smallest absolute Gasteiger partial charge is 0.118 e. The molecule has 1 N–H and O–H groups in total. The molecule has 1 atom stereocenters. The van der Waals surface area contributed by atoms with Gasteiger partial charge in [0.2, 0.25) is 0 Å². The second kappa shape index (κ2) is 5.06. The maximum absolute atomic E-state index is 10.9. The molecule has 2 aromatic carbocycles. The van der Waals surface area contributed by atoms with E-state index in [9.17, 15) is 5.11 Å². The van der Waals surface area contributed by atoms with Crippen LogP contribution in [0.15, 0.2) is 42.5 Å². The molecule has 0 bridgehead atoms. The number of aliphatic hydroxyl groups is 1. The fourth-order valence-corrected chi connectivity index (χ4v) is 2.43. The largest absolute Gasteiger partial charge is 0.497 e. The van der Waals surface area contributed by atoms with Gasteiger partial charge in [0.05, 0.1) is 7.11 Å². The van der Waals surface area contributed by atoms with Gasteiger partial charge in [0.25, 0.3) is 0 Å². The predicted octanol–water partition coefficient (Wildman–Crippen LogP) is 3.57. The van der Waals surface area contributed by atoms with Crippen LogP contribution in [0.5, 0.6) is 5.75 Å². The van der Waals surface area contributed by atoms with Crippen LogP contribution < -0.4 is 4.74 Å². The summed E-state index contributed by atoms with van der Waals surface area (Å²) < 4.78 is 5.15. The first-order chi connectivity index (χ1) is 8.95. The Bertz CT molecular complexity index is 568. The van der Waals surface area contributed by atoms with Gasteiger partial charge in [-0.15, -0.1) is 0 Å². The second-order valence-electron chi connectivity index (χ2n) is 5.12. The van der Waals surface area contributed by atoms with E-state index in [0.29, 0.717) is 0 Å². The maximum atomic E-state index is 10.9. The monoisotopic (exact) mass is 256 g/mol. The highest BCUT2D eigenvalue weighted by molar-refractivity contribution is 5.42. The third kappa shape index (κ3) is 2.64. The normalized spacial score (nSPS) is 13.9. The lowest BCUT2D eigenvalue weighted by atomic mass is 9.85. The van der Waals surface area contributed by atoms with E-state index in [1.165, 1.54) is 5.56 Å². The number of ether oxygens (including phenoxy) is 1. The molecule has 0 aromatic heterocycles. The summed E-state index contributed by atoms with van der Waals surface area (Å²) in [6.45, 7) is 5.91. The van der Waals surface area contributed by atoms with Crippen molar-refractivity contribution < 1.29 is 9.84 Å². The number of rotatable bonds is 3. The average molecular weight is 256 g/mol. The van der Waals surface area contributed by atoms with Crippen molar-refractivity contribution in [2.75, 3.05) is 7.11 Å². The van der Waals surface area contributed by atoms with E-state index in [1.807, 2.05) is 50.2 Å². The molecule has 0 aliphatic carbocycles. The first-order valence-electron chi connectivity index (χ1n) is 6.40. The molecule has 0 radical (unpaired) electrons. The van der Waals surface area contributed by atoms with Crippen molar-refractivity contribution in [3.05, 3.63) is 64.7 Å². The number of methoxy groups -OCH3 is 1. The van der Waals surface area contributed by atoms with E-state index in [4.69, 9.17) is 4.74 Å². The number of aryl methyl sites for hydroxylation is 2. The molecule has 0 saturated heterocycles. The summed E-state index contributed by atoms with van der Waals surface area (Å²) in [6.07, 6.45) is 0. The zero-order valence-corrected chi connectivity index (χ0v) is 11.9. The molecule has 0 heterocycles. The molecule has 2 nitrogen and oxygen atoms in total. The van der Waals surface area contributed by atoms with Crippen LogP contribution in [0.1, 0.15) is 29.2 Å². The van der Waals surface area contributed by atoms with Crippen molar-refractivity contribution in [1.82, 2.24) is 0 Å². The van der Waals surface area contributed by atoms with E-state index >= 15 is 0 Å². The van der Waals surface area contributed by atoms with Crippen molar-refractivity contribution in [2.24, 2.45) is 0 Å². The summed E-state index contributed by atoms with van der Waals surface area (Å²) in [5.74, 6) is 0.792. The summed E-state index contributed by atoms with van der Waals surface area (Å²) >= 11 is 0. The van der Waals surface area contributed by atoms with Crippen LogP contribution in [0.3, 0.4) is 0 Å². The lowest BCUT2D eigenvalue weighted by Gasteiger charge is -2.26. The van der Waals surface area contributed by atoms with Crippen LogP contribution in [-0.4, -0.2) is 12.2 Å². The standard InChI is InChI=1S/C17H20O2/c1-12-5-10-16(13(2)11-12)17(3,18)14-6-8-15(19-4)9-7-14/h5-11,18H,1-4H3. The number of hydrogen-bond donors (Lipinski definition) is 1. The summed E-state index contributed by atoms with van der Waals surface area (Å²) in [5.41, 5.74) is 3.10. The Morgan fingerprint density at radius 2 is 1.63 bits per heavy atom. The predicted molar refractivity (Wildman–Crippen MR) is 77.6 cm³/mol. The van der Waals surface area contributed by atoms with Crippen molar-refractivity contribution in [3.8, 4) is 5.75 Å². The average Bonchev–Trinajstić information content (AvgIpc) is 2.38. The lowest BCUT2D eigenvalue weighted by Crippen LogP contribution is -2.23. The van der Waals surface area contributed by atoms with Gasteiger partial charge in [-0.1, -0.05) is 35.9 Å². The van der Waals surface area contributed by atoms with Gasteiger partial charge in [-0.05, 0) is 49.6 Å². The SMILES string of the molecule is COc1ccc(C(C)(O)c2ccc(C)cc2C)cc1. The zero-order valence-electron chi connectivity index (χ0n) is 11.9. The first kappa shape index (κ1) is 13.6. The molecule has 100 valence electrons. The molecular formula is C17H20O2. The van der Waals surface area contributed by atoms with Crippen LogP contribution >= 0.6 is 0 Å². The molecular weight excluding hydrogens is 236 g/mol. The fourth-order valence-electron chi connectivity index (χ4n) is 2.43. The minimum atomic E-state index is -0.996. The van der Waals surface area contributed by atoms with E-state index in [-0.39, 0.29) is 0 Å². The molecule has 2 heteroatoms. The van der Waals surface area contributed by atoms with E-state index in [2.05, 4.69) is 13.0 Å². The first-order valence-corrected chi connectivity index (χ1v) is 6.40. The van der Waals surface area contributed by atoms with Gasteiger partial charge in [-0.25, -0.2) is 0 Å². The molecule has 0 aliphatic rings. The maximum Gasteiger partial charge on any atom is 0.118 e. The van der Waals surface area contributed by atoms with Crippen LogP contribution in [0.4, 0.5) is 0 Å². The third-order valence-corrected chi connectivity index (χ3v) is 3.56. The Morgan fingerprint density at radius 1 is 1.00 bits per heavy atom. The fraction of sp³-hybridized carbons (Fsp3) is 0.294. The summed E-state index contributed by atoms with van der Waals surface area (Å²) in [4.78, 5) is 0. The minimum absolute atomic E-state index is 0.792. The summed E-state index contributed by atoms with van der Waals surface area (Å²) in [5, 5.41) is 10.9. The number of hydrogen-bond acceptors (Lipinski definition) is 2. The quantitative estimate of drug-likeness (QED) is 0.909. The van der Waals surface area contributed by atoms with Gasteiger partial charge in [0, 0.05) is 0 Å². The highest BCUT2D eigenvalue weighted by atomic mass is 16.5. The summed E-state index contributed by atoms with van der Waals surface area (Å²) in [7, 11) is 1.64. The van der Waals surface area contributed by atoms with E-state index in [1.54, 1.807) is 7.11 Å². The highest BCUT2D eigenvalue weighted by Crippen LogP contribution is 2.32. The van der Waals surface area contributed by atoms with E-state index in [0.717, 1.165) is 22.4 Å². The molecule has 1 unspecified atom stereocenters. The molecule has 19 heavy (non-hydrogen) atoms. The highest BCUT2D eigenvalue weighted by Gasteiger charge is 2.27. The van der Waals surface area contributed by atoms with Crippen molar-refractivity contribution in [1.29, 1.82) is 0 Å². The Kier molecular flexibility index (Phi) is 3.63. The van der Waals surface area contributed by atoms with Crippen LogP contribution in [0.25, 0.3) is 0 Å². The van der Waals surface area contributed by atoms with Gasteiger partial charge in [-0.3, -0.25) is 0 Å².